The standard InChI is InChI=1S/C22H19N5O4/c1-13-8-7-11-16(12-13)27-19(22(29)30-3)17(23-14(2)28)18(25-27)20-24-21(31-26-20)15-9-5-4-6-10-15/h4-12H,1-3H3,(H,23,28). The molecule has 2 heterocycles. The molecule has 156 valence electrons. The summed E-state index contributed by atoms with van der Waals surface area (Å²) in [7, 11) is 1.26. The molecule has 0 unspecified atom stereocenters. The summed E-state index contributed by atoms with van der Waals surface area (Å²) in [6.07, 6.45) is 0. The van der Waals surface area contributed by atoms with Crippen LogP contribution in [0.25, 0.3) is 28.7 Å². The summed E-state index contributed by atoms with van der Waals surface area (Å²) in [5.41, 5.74) is 2.68. The molecule has 1 amide bonds. The van der Waals surface area contributed by atoms with Crippen molar-refractivity contribution in [1.29, 1.82) is 0 Å². The lowest BCUT2D eigenvalue weighted by Crippen LogP contribution is -2.15. The highest BCUT2D eigenvalue weighted by atomic mass is 16.5. The molecule has 0 saturated heterocycles. The summed E-state index contributed by atoms with van der Waals surface area (Å²) in [5.74, 6) is -0.647. The number of nitrogens with zero attached hydrogens (tertiary/aromatic N) is 4. The van der Waals surface area contributed by atoms with E-state index in [4.69, 9.17) is 9.26 Å². The molecule has 0 aliphatic carbocycles. The molecule has 0 spiro atoms. The van der Waals surface area contributed by atoms with Gasteiger partial charge in [-0.1, -0.05) is 35.5 Å². The third-order valence-electron chi connectivity index (χ3n) is 4.47. The average molecular weight is 417 g/mol. The van der Waals surface area contributed by atoms with E-state index in [0.717, 1.165) is 11.1 Å². The number of carbonyl (C=O) groups excluding carboxylic acids is 2. The predicted molar refractivity (Wildman–Crippen MR) is 113 cm³/mol. The van der Waals surface area contributed by atoms with Crippen LogP contribution in [0.3, 0.4) is 0 Å². The number of esters is 1. The molecule has 0 aliphatic rings. The Labute approximate surface area is 177 Å². The monoisotopic (exact) mass is 417 g/mol. The van der Waals surface area contributed by atoms with Crippen LogP contribution in [-0.4, -0.2) is 38.9 Å². The van der Waals surface area contributed by atoms with Crippen LogP contribution in [0.15, 0.2) is 59.1 Å². The number of carbonyl (C=O) groups is 2. The van der Waals surface area contributed by atoms with Crippen LogP contribution in [0, 0.1) is 6.92 Å². The second kappa shape index (κ2) is 8.23. The van der Waals surface area contributed by atoms with Crippen molar-refractivity contribution in [3.8, 4) is 28.7 Å². The van der Waals surface area contributed by atoms with Crippen LogP contribution < -0.4 is 5.32 Å². The first-order chi connectivity index (χ1) is 15.0. The largest absolute Gasteiger partial charge is 0.464 e. The van der Waals surface area contributed by atoms with Gasteiger partial charge in [0.1, 0.15) is 5.69 Å². The van der Waals surface area contributed by atoms with Gasteiger partial charge in [0.25, 0.3) is 5.89 Å². The molecule has 2 aromatic carbocycles. The summed E-state index contributed by atoms with van der Waals surface area (Å²) in [5, 5.41) is 11.2. The van der Waals surface area contributed by atoms with Gasteiger partial charge in [0.2, 0.25) is 11.7 Å². The Hall–Kier alpha value is -4.27. The summed E-state index contributed by atoms with van der Waals surface area (Å²) in [4.78, 5) is 29.0. The highest BCUT2D eigenvalue weighted by Crippen LogP contribution is 2.32. The van der Waals surface area contributed by atoms with Gasteiger partial charge in [0, 0.05) is 12.5 Å². The topological polar surface area (TPSA) is 112 Å². The maximum atomic E-state index is 12.7. The molecule has 0 saturated carbocycles. The van der Waals surface area contributed by atoms with E-state index in [2.05, 4.69) is 20.6 Å². The van der Waals surface area contributed by atoms with Gasteiger partial charge in [-0.25, -0.2) is 9.48 Å². The Morgan fingerprint density at radius 3 is 2.55 bits per heavy atom. The fourth-order valence-corrected chi connectivity index (χ4v) is 3.12. The first-order valence-corrected chi connectivity index (χ1v) is 9.43. The van der Waals surface area contributed by atoms with E-state index in [1.165, 1.54) is 18.7 Å². The first-order valence-electron chi connectivity index (χ1n) is 9.43. The number of aromatic nitrogens is 4. The SMILES string of the molecule is COC(=O)c1c(NC(C)=O)c(-c2noc(-c3ccccc3)n2)nn1-c1cccc(C)c1. The van der Waals surface area contributed by atoms with Crippen LogP contribution in [0.2, 0.25) is 0 Å². The van der Waals surface area contributed by atoms with E-state index >= 15 is 0 Å². The number of hydrogen-bond acceptors (Lipinski definition) is 7. The Balaban J connectivity index is 1.92. The van der Waals surface area contributed by atoms with Crippen molar-refractivity contribution in [2.24, 2.45) is 0 Å². The van der Waals surface area contributed by atoms with Crippen LogP contribution in [-0.2, 0) is 9.53 Å². The quantitative estimate of drug-likeness (QED) is 0.493. The van der Waals surface area contributed by atoms with Crippen LogP contribution >= 0.6 is 0 Å². The lowest BCUT2D eigenvalue weighted by atomic mass is 10.2. The van der Waals surface area contributed by atoms with Crippen molar-refractivity contribution < 1.29 is 18.8 Å². The van der Waals surface area contributed by atoms with E-state index in [9.17, 15) is 9.59 Å². The minimum absolute atomic E-state index is 0.0457. The number of amides is 1. The van der Waals surface area contributed by atoms with Gasteiger partial charge in [0.15, 0.2) is 11.4 Å². The molecule has 0 radical (unpaired) electrons. The predicted octanol–water partition coefficient (Wildman–Crippen LogP) is 3.64. The minimum atomic E-state index is -0.671. The number of nitrogens with one attached hydrogen (secondary N) is 1. The lowest BCUT2D eigenvalue weighted by Gasteiger charge is -2.08. The molecule has 9 nitrogen and oxygen atoms in total. The van der Waals surface area contributed by atoms with Crippen LogP contribution in [0.4, 0.5) is 5.69 Å². The summed E-state index contributed by atoms with van der Waals surface area (Å²) in [6.45, 7) is 3.26. The average Bonchev–Trinajstić information content (AvgIpc) is 3.39. The van der Waals surface area contributed by atoms with Crippen molar-refractivity contribution in [3.05, 3.63) is 65.9 Å². The molecule has 0 fully saturated rings. The van der Waals surface area contributed by atoms with Crippen molar-refractivity contribution in [2.75, 3.05) is 12.4 Å². The Bertz CT molecular complexity index is 1260. The second-order valence-corrected chi connectivity index (χ2v) is 6.78. The molecule has 0 bridgehead atoms. The van der Waals surface area contributed by atoms with Gasteiger partial charge in [0.05, 0.1) is 12.8 Å². The summed E-state index contributed by atoms with van der Waals surface area (Å²) < 4.78 is 11.7. The molecule has 4 rings (SSSR count). The maximum absolute atomic E-state index is 12.7. The number of rotatable bonds is 5. The number of anilines is 1. The lowest BCUT2D eigenvalue weighted by molar-refractivity contribution is -0.114. The molecular formula is C22H19N5O4. The van der Waals surface area contributed by atoms with Gasteiger partial charge in [-0.3, -0.25) is 4.79 Å². The van der Waals surface area contributed by atoms with Crippen LogP contribution in [0.1, 0.15) is 23.0 Å². The van der Waals surface area contributed by atoms with Gasteiger partial charge in [-0.15, -0.1) is 0 Å². The molecule has 4 aromatic rings. The zero-order valence-electron chi connectivity index (χ0n) is 17.1. The Morgan fingerprint density at radius 2 is 1.87 bits per heavy atom. The van der Waals surface area contributed by atoms with E-state index in [-0.39, 0.29) is 34.7 Å². The normalized spacial score (nSPS) is 10.7. The van der Waals surface area contributed by atoms with Gasteiger partial charge in [-0.05, 0) is 36.8 Å². The highest BCUT2D eigenvalue weighted by Gasteiger charge is 2.29. The van der Waals surface area contributed by atoms with Gasteiger partial charge in [-0.2, -0.15) is 10.1 Å². The molecule has 0 aliphatic heterocycles. The highest BCUT2D eigenvalue weighted by molar-refractivity contribution is 6.03. The molecule has 0 atom stereocenters. The van der Waals surface area contributed by atoms with Crippen molar-refractivity contribution in [3.63, 3.8) is 0 Å². The van der Waals surface area contributed by atoms with Crippen molar-refractivity contribution in [1.82, 2.24) is 19.9 Å². The third kappa shape index (κ3) is 3.93. The minimum Gasteiger partial charge on any atom is -0.464 e. The van der Waals surface area contributed by atoms with Crippen molar-refractivity contribution >= 4 is 17.6 Å². The smallest absolute Gasteiger partial charge is 0.359 e. The first kappa shape index (κ1) is 20.0. The van der Waals surface area contributed by atoms with Gasteiger partial charge >= 0.3 is 5.97 Å². The molecular weight excluding hydrogens is 398 g/mol. The number of methoxy groups -OCH3 is 1. The van der Waals surface area contributed by atoms with E-state index < -0.39 is 5.97 Å². The zero-order chi connectivity index (χ0) is 22.0. The van der Waals surface area contributed by atoms with E-state index in [1.807, 2.05) is 55.5 Å². The Kier molecular flexibility index (Phi) is 5.31. The van der Waals surface area contributed by atoms with E-state index in [1.54, 1.807) is 6.07 Å². The van der Waals surface area contributed by atoms with Crippen molar-refractivity contribution in [2.45, 2.75) is 13.8 Å². The molecule has 1 N–H and O–H groups in total. The number of benzene rings is 2. The Morgan fingerprint density at radius 1 is 1.10 bits per heavy atom. The zero-order valence-corrected chi connectivity index (χ0v) is 17.1. The molecule has 2 aromatic heterocycles. The van der Waals surface area contributed by atoms with E-state index in [0.29, 0.717) is 5.69 Å². The third-order valence-corrected chi connectivity index (χ3v) is 4.47. The molecule has 9 heteroatoms. The maximum Gasteiger partial charge on any atom is 0.359 e. The second-order valence-electron chi connectivity index (χ2n) is 6.78. The fraction of sp³-hybridized carbons (Fsp3) is 0.136. The number of aryl methyl sites for hydroxylation is 1. The number of hydrogen-bond donors (Lipinski definition) is 1. The summed E-state index contributed by atoms with van der Waals surface area (Å²) >= 11 is 0. The number of ether oxygens (including phenoxy) is 1. The molecule has 31 heavy (non-hydrogen) atoms. The summed E-state index contributed by atoms with van der Waals surface area (Å²) in [6, 6.07) is 16.6. The van der Waals surface area contributed by atoms with Gasteiger partial charge < -0.3 is 14.6 Å². The van der Waals surface area contributed by atoms with Crippen LogP contribution in [0.5, 0.6) is 0 Å². The fourth-order valence-electron chi connectivity index (χ4n) is 3.12.